The van der Waals surface area contributed by atoms with Gasteiger partial charge in [0.05, 0.1) is 0 Å². The van der Waals surface area contributed by atoms with Gasteiger partial charge in [-0.1, -0.05) is 133 Å². The van der Waals surface area contributed by atoms with Gasteiger partial charge in [-0.05, 0) is 24.3 Å². The molecule has 1 aromatic carbocycles. The predicted octanol–water partition coefficient (Wildman–Crippen LogP) is 8.83. The summed E-state index contributed by atoms with van der Waals surface area (Å²) < 4.78 is 0. The fourth-order valence-electron chi connectivity index (χ4n) is 3.45. The third-order valence-electron chi connectivity index (χ3n) is 5.22. The minimum absolute atomic E-state index is 0.545. The molecule has 0 aliphatic carbocycles. The molecule has 0 aromatic heterocycles. The van der Waals surface area contributed by atoms with E-state index in [1.54, 1.807) is 0 Å². The molecule has 0 spiro atoms. The maximum Gasteiger partial charge on any atom is -0.00104 e. The average molecular weight is 343 g/mol. The van der Waals surface area contributed by atoms with Gasteiger partial charge in [-0.3, -0.25) is 0 Å². The fourth-order valence-corrected chi connectivity index (χ4v) is 3.45. The molecule has 1 atom stereocenters. The highest BCUT2D eigenvalue weighted by molar-refractivity contribution is 5.22. The van der Waals surface area contributed by atoms with Crippen molar-refractivity contribution in [2.45, 2.75) is 110 Å². The zero-order valence-electron chi connectivity index (χ0n) is 17.0. The largest absolute Gasteiger partial charge is 0.0879 e. The van der Waals surface area contributed by atoms with Crippen LogP contribution in [0.4, 0.5) is 0 Å². The Morgan fingerprint density at radius 3 is 1.68 bits per heavy atom. The van der Waals surface area contributed by atoms with E-state index < -0.39 is 0 Å². The molecular weight excluding hydrogens is 300 g/mol. The summed E-state index contributed by atoms with van der Waals surface area (Å²) in [5, 5.41) is 0. The highest BCUT2D eigenvalue weighted by Crippen LogP contribution is 2.17. The van der Waals surface area contributed by atoms with Crippen LogP contribution in [0.1, 0.15) is 115 Å². The lowest BCUT2D eigenvalue weighted by molar-refractivity contribution is 0.540. The molecule has 0 aliphatic rings. The van der Waals surface area contributed by atoms with Crippen LogP contribution in [0.2, 0.25) is 0 Å². The summed E-state index contributed by atoms with van der Waals surface area (Å²) in [7, 11) is 0. The van der Waals surface area contributed by atoms with Gasteiger partial charge < -0.3 is 0 Å². The van der Waals surface area contributed by atoms with E-state index >= 15 is 0 Å². The van der Waals surface area contributed by atoms with Crippen LogP contribution in [0.3, 0.4) is 0 Å². The molecule has 0 N–H and O–H groups in total. The van der Waals surface area contributed by atoms with Gasteiger partial charge in [0.15, 0.2) is 0 Å². The molecule has 0 heteroatoms. The van der Waals surface area contributed by atoms with E-state index in [0.29, 0.717) is 5.92 Å². The molecule has 0 bridgehead atoms. The average Bonchev–Trinajstić information content (AvgIpc) is 2.65. The fraction of sp³-hybridized carbons (Fsp3) is 0.680. The number of hydrogen-bond donors (Lipinski definition) is 0. The second-order valence-corrected chi connectivity index (χ2v) is 7.66. The highest BCUT2D eigenvalue weighted by Gasteiger charge is 1.98. The Bertz CT molecular complexity index is 403. The van der Waals surface area contributed by atoms with E-state index in [2.05, 4.69) is 56.3 Å². The molecule has 0 radical (unpaired) electrons. The topological polar surface area (TPSA) is 0 Å². The lowest BCUT2D eigenvalue weighted by Gasteiger charge is -2.06. The Kier molecular flexibility index (Phi) is 14.5. The number of allylic oxidation sites excluding steroid dienone is 2. The van der Waals surface area contributed by atoms with Gasteiger partial charge in [0.2, 0.25) is 0 Å². The molecule has 142 valence electrons. The Labute approximate surface area is 158 Å². The van der Waals surface area contributed by atoms with E-state index in [1.165, 1.54) is 95.5 Å². The van der Waals surface area contributed by atoms with Crippen LogP contribution in [0.25, 0.3) is 0 Å². The third-order valence-corrected chi connectivity index (χ3v) is 5.22. The van der Waals surface area contributed by atoms with Gasteiger partial charge in [0.25, 0.3) is 0 Å². The van der Waals surface area contributed by atoms with Crippen molar-refractivity contribution in [3.63, 3.8) is 0 Å². The van der Waals surface area contributed by atoms with Crippen LogP contribution in [0.5, 0.6) is 0 Å². The van der Waals surface area contributed by atoms with Crippen molar-refractivity contribution in [2.75, 3.05) is 0 Å². The highest BCUT2D eigenvalue weighted by atomic mass is 14.0. The molecule has 0 nitrogen and oxygen atoms in total. The van der Waals surface area contributed by atoms with Crippen molar-refractivity contribution in [3.8, 4) is 0 Å². The Balaban J connectivity index is 1.83. The minimum atomic E-state index is 0.545. The number of hydrogen-bond acceptors (Lipinski definition) is 0. The van der Waals surface area contributed by atoms with Crippen molar-refractivity contribution in [2.24, 2.45) is 0 Å². The quantitative estimate of drug-likeness (QED) is 0.208. The number of unbranched alkanes of at least 4 members (excludes halogenated alkanes) is 13. The SMILES string of the molecule is CCCCCCCCCCCCCCCC=CC(C)c1ccccc1. The molecule has 0 amide bonds. The molecule has 0 fully saturated rings. The van der Waals surface area contributed by atoms with E-state index in [4.69, 9.17) is 0 Å². The van der Waals surface area contributed by atoms with E-state index in [-0.39, 0.29) is 0 Å². The molecule has 1 unspecified atom stereocenters. The summed E-state index contributed by atoms with van der Waals surface area (Å²) in [6, 6.07) is 10.8. The summed E-state index contributed by atoms with van der Waals surface area (Å²) >= 11 is 0. The van der Waals surface area contributed by atoms with Crippen molar-refractivity contribution in [3.05, 3.63) is 48.0 Å². The van der Waals surface area contributed by atoms with Gasteiger partial charge in [-0.25, -0.2) is 0 Å². The van der Waals surface area contributed by atoms with Crippen LogP contribution < -0.4 is 0 Å². The van der Waals surface area contributed by atoms with Gasteiger partial charge >= 0.3 is 0 Å². The van der Waals surface area contributed by atoms with Crippen LogP contribution in [0.15, 0.2) is 42.5 Å². The Morgan fingerprint density at radius 2 is 1.16 bits per heavy atom. The number of benzene rings is 1. The van der Waals surface area contributed by atoms with Crippen LogP contribution in [0, 0.1) is 0 Å². The first-order chi connectivity index (χ1) is 12.3. The molecule has 1 aromatic rings. The first-order valence-corrected chi connectivity index (χ1v) is 11.1. The lowest BCUT2D eigenvalue weighted by atomic mass is 10.00. The zero-order valence-corrected chi connectivity index (χ0v) is 17.0. The second-order valence-electron chi connectivity index (χ2n) is 7.66. The first kappa shape index (κ1) is 22.0. The van der Waals surface area contributed by atoms with Crippen molar-refractivity contribution in [1.29, 1.82) is 0 Å². The molecule has 1 rings (SSSR count). The summed E-state index contributed by atoms with van der Waals surface area (Å²) in [6.07, 6.45) is 24.7. The van der Waals surface area contributed by atoms with Crippen LogP contribution >= 0.6 is 0 Å². The Morgan fingerprint density at radius 1 is 0.680 bits per heavy atom. The van der Waals surface area contributed by atoms with Crippen LogP contribution in [-0.4, -0.2) is 0 Å². The summed E-state index contributed by atoms with van der Waals surface area (Å²) in [5.41, 5.74) is 1.42. The van der Waals surface area contributed by atoms with Gasteiger partial charge in [0.1, 0.15) is 0 Å². The van der Waals surface area contributed by atoms with Crippen molar-refractivity contribution >= 4 is 0 Å². The molecule has 0 saturated carbocycles. The molecular formula is C25H42. The molecule has 25 heavy (non-hydrogen) atoms. The standard InChI is InChI=1S/C25H42/c1-3-4-5-6-7-8-9-10-11-12-13-14-15-16-18-21-24(2)25-22-19-17-20-23-25/h17-24H,3-16H2,1-2H3. The monoisotopic (exact) mass is 342 g/mol. The molecule has 0 aliphatic heterocycles. The van der Waals surface area contributed by atoms with Gasteiger partial charge in [-0.15, -0.1) is 0 Å². The summed E-state index contributed by atoms with van der Waals surface area (Å²) in [6.45, 7) is 4.58. The van der Waals surface area contributed by atoms with Crippen LogP contribution in [-0.2, 0) is 0 Å². The minimum Gasteiger partial charge on any atom is -0.0879 e. The van der Waals surface area contributed by atoms with E-state index in [9.17, 15) is 0 Å². The van der Waals surface area contributed by atoms with Crippen molar-refractivity contribution in [1.82, 2.24) is 0 Å². The lowest BCUT2D eigenvalue weighted by Crippen LogP contribution is -1.87. The van der Waals surface area contributed by atoms with E-state index in [1.807, 2.05) is 0 Å². The maximum absolute atomic E-state index is 2.39. The Hall–Kier alpha value is -1.04. The third kappa shape index (κ3) is 12.9. The van der Waals surface area contributed by atoms with E-state index in [0.717, 1.165) is 0 Å². The second kappa shape index (κ2) is 16.4. The zero-order chi connectivity index (χ0) is 18.0. The summed E-state index contributed by atoms with van der Waals surface area (Å²) in [5.74, 6) is 0.545. The normalized spacial score (nSPS) is 12.7. The smallest absolute Gasteiger partial charge is 0.00104 e. The van der Waals surface area contributed by atoms with Crippen molar-refractivity contribution < 1.29 is 0 Å². The summed E-state index contributed by atoms with van der Waals surface area (Å²) in [4.78, 5) is 0. The predicted molar refractivity (Wildman–Crippen MR) is 114 cm³/mol. The number of rotatable bonds is 16. The van der Waals surface area contributed by atoms with Gasteiger partial charge in [0, 0.05) is 0 Å². The maximum atomic E-state index is 2.39. The first-order valence-electron chi connectivity index (χ1n) is 11.1. The van der Waals surface area contributed by atoms with Gasteiger partial charge in [-0.2, -0.15) is 0 Å². The molecule has 0 heterocycles. The molecule has 0 saturated heterocycles.